The van der Waals surface area contributed by atoms with Crippen molar-refractivity contribution in [2.45, 2.75) is 59.9 Å². The fourth-order valence-electron chi connectivity index (χ4n) is 3.33. The molecule has 21 heavy (non-hydrogen) atoms. The van der Waals surface area contributed by atoms with Crippen molar-refractivity contribution in [3.63, 3.8) is 0 Å². The first kappa shape index (κ1) is 16.4. The van der Waals surface area contributed by atoms with E-state index in [0.29, 0.717) is 5.41 Å². The highest BCUT2D eigenvalue weighted by Crippen LogP contribution is 2.36. The zero-order chi connectivity index (χ0) is 15.6. The molecule has 0 bridgehead atoms. The van der Waals surface area contributed by atoms with Gasteiger partial charge in [-0.1, -0.05) is 39.8 Å². The maximum atomic E-state index is 6.07. The molecule has 2 nitrogen and oxygen atoms in total. The van der Waals surface area contributed by atoms with Crippen molar-refractivity contribution in [1.29, 1.82) is 0 Å². The lowest BCUT2D eigenvalue weighted by Gasteiger charge is -2.28. The van der Waals surface area contributed by atoms with Gasteiger partial charge in [0.1, 0.15) is 0 Å². The van der Waals surface area contributed by atoms with Crippen LogP contribution >= 0.6 is 0 Å². The minimum Gasteiger partial charge on any atom is -0.371 e. The average Bonchev–Trinajstić information content (AvgIpc) is 2.88. The Morgan fingerprint density at radius 1 is 1.33 bits per heavy atom. The molecule has 1 aliphatic rings. The van der Waals surface area contributed by atoms with Gasteiger partial charge in [-0.2, -0.15) is 0 Å². The van der Waals surface area contributed by atoms with Gasteiger partial charge in [-0.15, -0.1) is 0 Å². The van der Waals surface area contributed by atoms with E-state index in [4.69, 9.17) is 5.73 Å². The van der Waals surface area contributed by atoms with Crippen molar-refractivity contribution in [3.8, 4) is 0 Å². The first-order valence-electron chi connectivity index (χ1n) is 8.41. The molecule has 2 heteroatoms. The van der Waals surface area contributed by atoms with Crippen LogP contribution in [0, 0.1) is 18.3 Å². The number of anilines is 1. The topological polar surface area (TPSA) is 29.3 Å². The van der Waals surface area contributed by atoms with Crippen LogP contribution in [-0.2, 0) is 6.42 Å². The zero-order valence-corrected chi connectivity index (χ0v) is 14.4. The van der Waals surface area contributed by atoms with Crippen molar-refractivity contribution in [2.24, 2.45) is 17.1 Å². The Labute approximate surface area is 130 Å². The molecule has 118 valence electrons. The van der Waals surface area contributed by atoms with Gasteiger partial charge < -0.3 is 10.6 Å². The summed E-state index contributed by atoms with van der Waals surface area (Å²) in [6, 6.07) is 7.18. The third kappa shape index (κ3) is 4.00. The van der Waals surface area contributed by atoms with Crippen LogP contribution in [0.2, 0.25) is 0 Å². The Morgan fingerprint density at radius 2 is 2.05 bits per heavy atom. The van der Waals surface area contributed by atoms with Crippen LogP contribution in [-0.4, -0.2) is 19.1 Å². The van der Waals surface area contributed by atoms with Crippen LogP contribution in [0.3, 0.4) is 0 Å². The van der Waals surface area contributed by atoms with Crippen LogP contribution in [0.25, 0.3) is 0 Å². The summed E-state index contributed by atoms with van der Waals surface area (Å²) in [5.74, 6) is 0.796. The number of benzene rings is 1. The van der Waals surface area contributed by atoms with Crippen LogP contribution < -0.4 is 10.6 Å². The fourth-order valence-corrected chi connectivity index (χ4v) is 3.33. The molecule has 1 aromatic rings. The molecule has 1 aliphatic heterocycles. The van der Waals surface area contributed by atoms with Crippen molar-refractivity contribution >= 4 is 5.69 Å². The Bertz CT molecular complexity index is 473. The summed E-state index contributed by atoms with van der Waals surface area (Å²) in [5, 5.41) is 0. The second-order valence-electron chi connectivity index (χ2n) is 7.79. The van der Waals surface area contributed by atoms with Gasteiger partial charge in [0.05, 0.1) is 0 Å². The smallest absolute Gasteiger partial charge is 0.0396 e. The van der Waals surface area contributed by atoms with Crippen molar-refractivity contribution in [2.75, 3.05) is 18.0 Å². The molecule has 2 unspecified atom stereocenters. The zero-order valence-electron chi connectivity index (χ0n) is 14.4. The molecule has 0 radical (unpaired) electrons. The first-order valence-corrected chi connectivity index (χ1v) is 8.41. The number of aryl methyl sites for hydroxylation is 1. The number of rotatable bonds is 4. The number of nitrogens with two attached hydrogens (primary N) is 1. The summed E-state index contributed by atoms with van der Waals surface area (Å²) in [7, 11) is 0. The van der Waals surface area contributed by atoms with Gasteiger partial charge in [0.15, 0.2) is 0 Å². The summed E-state index contributed by atoms with van der Waals surface area (Å²) in [5.41, 5.74) is 10.7. The molecule has 1 fully saturated rings. The summed E-state index contributed by atoms with van der Waals surface area (Å²) < 4.78 is 0. The maximum Gasteiger partial charge on any atom is 0.0396 e. The minimum absolute atomic E-state index is 0.285. The van der Waals surface area contributed by atoms with Gasteiger partial charge in [0.25, 0.3) is 0 Å². The summed E-state index contributed by atoms with van der Waals surface area (Å²) in [6.45, 7) is 13.9. The molecular formula is C19H32N2. The third-order valence-electron chi connectivity index (χ3n) is 5.04. The Balaban J connectivity index is 2.08. The van der Waals surface area contributed by atoms with Gasteiger partial charge in [-0.25, -0.2) is 0 Å². The molecule has 1 heterocycles. The van der Waals surface area contributed by atoms with Crippen molar-refractivity contribution in [1.82, 2.24) is 0 Å². The van der Waals surface area contributed by atoms with E-state index in [1.807, 2.05) is 0 Å². The predicted molar refractivity (Wildman–Crippen MR) is 92.9 cm³/mol. The van der Waals surface area contributed by atoms with E-state index < -0.39 is 0 Å². The number of nitrogens with zero attached hydrogens (tertiary/aromatic N) is 1. The second-order valence-corrected chi connectivity index (χ2v) is 7.79. The lowest BCUT2D eigenvalue weighted by atomic mass is 9.80. The van der Waals surface area contributed by atoms with E-state index in [9.17, 15) is 0 Å². The fraction of sp³-hybridized carbons (Fsp3) is 0.684. The van der Waals surface area contributed by atoms with Gasteiger partial charge in [-0.3, -0.25) is 0 Å². The lowest BCUT2D eigenvalue weighted by Crippen LogP contribution is -2.26. The first-order chi connectivity index (χ1) is 9.81. The Hall–Kier alpha value is -1.02. The van der Waals surface area contributed by atoms with E-state index in [0.717, 1.165) is 18.8 Å². The SMILES string of the molecule is CCC(N)Cc1ccc(N2CCC(C(C)(C)C)C2)c(C)c1. The molecule has 0 aliphatic carbocycles. The second kappa shape index (κ2) is 6.39. The van der Waals surface area contributed by atoms with E-state index >= 15 is 0 Å². The van der Waals surface area contributed by atoms with E-state index in [2.05, 4.69) is 57.7 Å². The molecule has 0 aromatic heterocycles. The standard InChI is InChI=1S/C19H32N2/c1-6-17(20)12-15-7-8-18(14(2)11-15)21-10-9-16(13-21)19(3,4)5/h7-8,11,16-17H,6,9-10,12-13,20H2,1-5H3. The molecular weight excluding hydrogens is 256 g/mol. The molecule has 2 N–H and O–H groups in total. The van der Waals surface area contributed by atoms with Gasteiger partial charge in [0.2, 0.25) is 0 Å². The highest BCUT2D eigenvalue weighted by atomic mass is 15.2. The quantitative estimate of drug-likeness (QED) is 0.902. The summed E-state index contributed by atoms with van der Waals surface area (Å²) >= 11 is 0. The summed E-state index contributed by atoms with van der Waals surface area (Å²) in [4.78, 5) is 2.56. The Kier molecular flexibility index (Phi) is 4.98. The molecule has 0 spiro atoms. The predicted octanol–water partition coefficient (Wildman–Crippen LogP) is 4.15. The molecule has 0 amide bonds. The van der Waals surface area contributed by atoms with Crippen molar-refractivity contribution in [3.05, 3.63) is 29.3 Å². The third-order valence-corrected chi connectivity index (χ3v) is 5.04. The molecule has 2 atom stereocenters. The van der Waals surface area contributed by atoms with E-state index in [-0.39, 0.29) is 6.04 Å². The summed E-state index contributed by atoms with van der Waals surface area (Å²) in [6.07, 6.45) is 3.34. The molecule has 2 rings (SSSR count). The van der Waals surface area contributed by atoms with Gasteiger partial charge in [0, 0.05) is 24.8 Å². The highest BCUT2D eigenvalue weighted by Gasteiger charge is 2.32. The number of hydrogen-bond acceptors (Lipinski definition) is 2. The van der Waals surface area contributed by atoms with E-state index in [1.165, 1.54) is 36.3 Å². The molecule has 0 saturated carbocycles. The normalized spacial score (nSPS) is 20.9. The van der Waals surface area contributed by atoms with Gasteiger partial charge >= 0.3 is 0 Å². The average molecular weight is 288 g/mol. The van der Waals surface area contributed by atoms with Crippen molar-refractivity contribution < 1.29 is 0 Å². The van der Waals surface area contributed by atoms with Crippen LogP contribution in [0.4, 0.5) is 5.69 Å². The molecule has 1 saturated heterocycles. The van der Waals surface area contributed by atoms with Crippen LogP contribution in [0.15, 0.2) is 18.2 Å². The minimum atomic E-state index is 0.285. The lowest BCUT2D eigenvalue weighted by molar-refractivity contribution is 0.263. The number of hydrogen-bond donors (Lipinski definition) is 1. The highest BCUT2D eigenvalue weighted by molar-refractivity contribution is 5.55. The van der Waals surface area contributed by atoms with Crippen LogP contribution in [0.5, 0.6) is 0 Å². The van der Waals surface area contributed by atoms with Crippen LogP contribution in [0.1, 0.15) is 51.7 Å². The molecule has 1 aromatic carbocycles. The van der Waals surface area contributed by atoms with E-state index in [1.54, 1.807) is 0 Å². The largest absolute Gasteiger partial charge is 0.371 e. The Morgan fingerprint density at radius 3 is 2.57 bits per heavy atom. The monoisotopic (exact) mass is 288 g/mol. The van der Waals surface area contributed by atoms with Gasteiger partial charge in [-0.05, 0) is 54.7 Å². The maximum absolute atomic E-state index is 6.07.